The Hall–Kier alpha value is -1.84. The highest BCUT2D eigenvalue weighted by molar-refractivity contribution is 7.99. The van der Waals surface area contributed by atoms with Crippen molar-refractivity contribution in [1.29, 1.82) is 0 Å². The molecule has 0 saturated carbocycles. The molecule has 0 saturated heterocycles. The van der Waals surface area contributed by atoms with E-state index in [4.69, 9.17) is 5.11 Å². The number of aromatic nitrogens is 4. The van der Waals surface area contributed by atoms with Crippen LogP contribution < -0.4 is 11.2 Å². The SMILES string of the molecule is C/C=C/Cn1c(SCC(O)CO)nc2c1c(=O)[nH]c(=O)n2C. The van der Waals surface area contributed by atoms with Crippen LogP contribution in [0.1, 0.15) is 6.92 Å². The summed E-state index contributed by atoms with van der Waals surface area (Å²) in [6.07, 6.45) is 2.83. The number of rotatable bonds is 6. The third-order valence-electron chi connectivity index (χ3n) is 3.11. The number of imidazole rings is 1. The molecule has 3 N–H and O–H groups in total. The molecule has 0 aliphatic carbocycles. The molecule has 2 rings (SSSR count). The lowest BCUT2D eigenvalue weighted by Crippen LogP contribution is -2.29. The van der Waals surface area contributed by atoms with E-state index in [0.29, 0.717) is 22.9 Å². The predicted octanol–water partition coefficient (Wildman–Crippen LogP) is -0.555. The summed E-state index contributed by atoms with van der Waals surface area (Å²) in [5, 5.41) is 18.9. The van der Waals surface area contributed by atoms with Gasteiger partial charge in [-0.05, 0) is 6.92 Å². The number of hydrogen-bond acceptors (Lipinski definition) is 6. The Morgan fingerprint density at radius 1 is 1.45 bits per heavy atom. The van der Waals surface area contributed by atoms with Gasteiger partial charge < -0.3 is 14.8 Å². The Balaban J connectivity index is 2.59. The van der Waals surface area contributed by atoms with Crippen molar-refractivity contribution in [3.05, 3.63) is 33.0 Å². The Kier molecular flexibility index (Phi) is 5.22. The summed E-state index contributed by atoms with van der Waals surface area (Å²) in [6.45, 7) is 1.94. The maximum Gasteiger partial charge on any atom is 0.329 e. The zero-order valence-corrected chi connectivity index (χ0v) is 13.1. The van der Waals surface area contributed by atoms with E-state index < -0.39 is 17.4 Å². The quantitative estimate of drug-likeness (QED) is 0.485. The summed E-state index contributed by atoms with van der Waals surface area (Å²) in [5.41, 5.74) is -0.426. The number of allylic oxidation sites excluding steroid dienone is 2. The largest absolute Gasteiger partial charge is 0.394 e. The normalized spacial score (nSPS) is 13.3. The first kappa shape index (κ1) is 16.5. The van der Waals surface area contributed by atoms with Gasteiger partial charge in [0.15, 0.2) is 16.3 Å². The standard InChI is InChI=1S/C13H18N4O4S/c1-3-4-5-17-9-10(16(2)12(21)15-11(9)20)14-13(17)22-7-8(19)6-18/h3-4,8,18-19H,5-7H2,1-2H3,(H,15,20,21)/b4-3+. The van der Waals surface area contributed by atoms with Crippen molar-refractivity contribution in [1.82, 2.24) is 19.1 Å². The first-order valence-electron chi connectivity index (χ1n) is 6.72. The fourth-order valence-corrected chi connectivity index (χ4v) is 2.85. The van der Waals surface area contributed by atoms with Crippen molar-refractivity contribution in [2.24, 2.45) is 7.05 Å². The molecular weight excluding hydrogens is 308 g/mol. The van der Waals surface area contributed by atoms with Gasteiger partial charge in [0.2, 0.25) is 0 Å². The molecule has 0 fully saturated rings. The van der Waals surface area contributed by atoms with Gasteiger partial charge in [-0.1, -0.05) is 23.9 Å². The fraction of sp³-hybridized carbons (Fsp3) is 0.462. The molecule has 2 heterocycles. The van der Waals surface area contributed by atoms with Crippen LogP contribution in [0.3, 0.4) is 0 Å². The van der Waals surface area contributed by atoms with Crippen LogP contribution in [-0.2, 0) is 13.6 Å². The zero-order chi connectivity index (χ0) is 16.3. The average molecular weight is 326 g/mol. The van der Waals surface area contributed by atoms with E-state index in [9.17, 15) is 14.7 Å². The van der Waals surface area contributed by atoms with Crippen LogP contribution in [0.15, 0.2) is 26.9 Å². The minimum absolute atomic E-state index is 0.238. The van der Waals surface area contributed by atoms with E-state index in [2.05, 4.69) is 9.97 Å². The van der Waals surface area contributed by atoms with Crippen LogP contribution in [0.4, 0.5) is 0 Å². The fourth-order valence-electron chi connectivity index (χ4n) is 1.93. The van der Waals surface area contributed by atoms with Gasteiger partial charge in [-0.25, -0.2) is 9.78 Å². The van der Waals surface area contributed by atoms with Gasteiger partial charge in [-0.2, -0.15) is 0 Å². The molecule has 2 aromatic rings. The summed E-state index contributed by atoms with van der Waals surface area (Å²) < 4.78 is 2.96. The summed E-state index contributed by atoms with van der Waals surface area (Å²) in [6, 6.07) is 0. The van der Waals surface area contributed by atoms with Gasteiger partial charge in [0.25, 0.3) is 5.56 Å². The maximum absolute atomic E-state index is 12.1. The first-order valence-corrected chi connectivity index (χ1v) is 7.70. The summed E-state index contributed by atoms with van der Waals surface area (Å²) in [7, 11) is 1.53. The van der Waals surface area contributed by atoms with E-state index in [0.717, 1.165) is 0 Å². The number of fused-ring (bicyclic) bond motifs is 1. The number of aryl methyl sites for hydroxylation is 1. The minimum Gasteiger partial charge on any atom is -0.394 e. The van der Waals surface area contributed by atoms with Crippen molar-refractivity contribution in [2.45, 2.75) is 24.7 Å². The van der Waals surface area contributed by atoms with Gasteiger partial charge in [-0.15, -0.1) is 0 Å². The third kappa shape index (κ3) is 3.16. The molecule has 0 aromatic carbocycles. The number of hydrogen-bond donors (Lipinski definition) is 3. The highest BCUT2D eigenvalue weighted by atomic mass is 32.2. The lowest BCUT2D eigenvalue weighted by atomic mass is 10.4. The number of thioether (sulfide) groups is 1. The Morgan fingerprint density at radius 3 is 2.82 bits per heavy atom. The molecule has 0 aliphatic heterocycles. The molecule has 8 nitrogen and oxygen atoms in total. The van der Waals surface area contributed by atoms with Crippen LogP contribution in [0.2, 0.25) is 0 Å². The highest BCUT2D eigenvalue weighted by Crippen LogP contribution is 2.22. The van der Waals surface area contributed by atoms with Gasteiger partial charge >= 0.3 is 5.69 Å². The molecule has 120 valence electrons. The van der Waals surface area contributed by atoms with Gasteiger partial charge in [0.1, 0.15) is 0 Å². The second kappa shape index (κ2) is 6.95. The van der Waals surface area contributed by atoms with Gasteiger partial charge in [-0.3, -0.25) is 14.3 Å². The zero-order valence-electron chi connectivity index (χ0n) is 12.3. The molecule has 0 aliphatic rings. The third-order valence-corrected chi connectivity index (χ3v) is 4.23. The lowest BCUT2D eigenvalue weighted by Gasteiger charge is -2.08. The predicted molar refractivity (Wildman–Crippen MR) is 84.2 cm³/mol. The van der Waals surface area contributed by atoms with Crippen LogP contribution in [0.25, 0.3) is 11.2 Å². The van der Waals surface area contributed by atoms with Crippen molar-refractivity contribution < 1.29 is 10.2 Å². The molecule has 1 unspecified atom stereocenters. The molecular formula is C13H18N4O4S. The van der Waals surface area contributed by atoms with Crippen molar-refractivity contribution >= 4 is 22.9 Å². The molecule has 22 heavy (non-hydrogen) atoms. The second-order valence-electron chi connectivity index (χ2n) is 4.71. The van der Waals surface area contributed by atoms with E-state index in [1.807, 2.05) is 19.1 Å². The number of nitrogens with one attached hydrogen (secondary N) is 1. The Bertz CT molecular complexity index is 805. The van der Waals surface area contributed by atoms with Crippen LogP contribution in [0.5, 0.6) is 0 Å². The van der Waals surface area contributed by atoms with E-state index in [-0.39, 0.29) is 12.4 Å². The summed E-state index contributed by atoms with van der Waals surface area (Å²) in [5.74, 6) is 0.238. The summed E-state index contributed by atoms with van der Waals surface area (Å²) >= 11 is 1.22. The molecule has 0 radical (unpaired) electrons. The smallest absolute Gasteiger partial charge is 0.329 e. The van der Waals surface area contributed by atoms with E-state index in [1.165, 1.54) is 23.4 Å². The average Bonchev–Trinajstić information content (AvgIpc) is 2.87. The van der Waals surface area contributed by atoms with Crippen molar-refractivity contribution in [2.75, 3.05) is 12.4 Å². The number of aromatic amines is 1. The Morgan fingerprint density at radius 2 is 2.18 bits per heavy atom. The maximum atomic E-state index is 12.1. The van der Waals surface area contributed by atoms with Crippen LogP contribution in [-0.4, -0.2) is 47.8 Å². The van der Waals surface area contributed by atoms with Crippen LogP contribution >= 0.6 is 11.8 Å². The topological polar surface area (TPSA) is 113 Å². The molecule has 0 bridgehead atoms. The number of H-pyrrole nitrogens is 1. The minimum atomic E-state index is -0.873. The molecule has 0 spiro atoms. The monoisotopic (exact) mass is 326 g/mol. The second-order valence-corrected chi connectivity index (χ2v) is 5.70. The Labute approximate surface area is 130 Å². The lowest BCUT2D eigenvalue weighted by molar-refractivity contribution is 0.113. The molecule has 1 atom stereocenters. The number of nitrogens with zero attached hydrogens (tertiary/aromatic N) is 3. The molecule has 9 heteroatoms. The van der Waals surface area contributed by atoms with Crippen molar-refractivity contribution in [3.63, 3.8) is 0 Å². The number of aliphatic hydroxyl groups is 2. The summed E-state index contributed by atoms with van der Waals surface area (Å²) in [4.78, 5) is 30.3. The first-order chi connectivity index (χ1) is 10.5. The van der Waals surface area contributed by atoms with Crippen molar-refractivity contribution in [3.8, 4) is 0 Å². The molecule has 0 amide bonds. The van der Waals surface area contributed by atoms with Gasteiger partial charge in [0.05, 0.1) is 12.7 Å². The number of aliphatic hydroxyl groups excluding tert-OH is 2. The van der Waals surface area contributed by atoms with Crippen LogP contribution in [0, 0.1) is 0 Å². The molecule has 2 aromatic heterocycles. The van der Waals surface area contributed by atoms with E-state index in [1.54, 1.807) is 4.57 Å². The van der Waals surface area contributed by atoms with Gasteiger partial charge in [0, 0.05) is 19.3 Å². The highest BCUT2D eigenvalue weighted by Gasteiger charge is 2.17. The van der Waals surface area contributed by atoms with E-state index >= 15 is 0 Å².